The van der Waals surface area contributed by atoms with Gasteiger partial charge in [-0.15, -0.1) is 0 Å². The van der Waals surface area contributed by atoms with Crippen LogP contribution in [-0.4, -0.2) is 37.6 Å². The number of ether oxygens (including phenoxy) is 3. The van der Waals surface area contributed by atoms with Gasteiger partial charge >= 0.3 is 5.97 Å². The molecule has 0 bridgehead atoms. The molecule has 154 valence electrons. The second kappa shape index (κ2) is 10.9. The van der Waals surface area contributed by atoms with Crippen LogP contribution >= 0.6 is 11.6 Å². The van der Waals surface area contributed by atoms with Crippen molar-refractivity contribution in [3.05, 3.63) is 58.6 Å². The van der Waals surface area contributed by atoms with E-state index in [2.05, 4.69) is 10.9 Å². The maximum atomic E-state index is 11.7. The molecular weight excluding hydrogens is 400 g/mol. The van der Waals surface area contributed by atoms with Crippen LogP contribution in [0, 0.1) is 13.8 Å². The van der Waals surface area contributed by atoms with Crippen molar-refractivity contribution in [2.75, 3.05) is 19.8 Å². The minimum atomic E-state index is -0.711. The van der Waals surface area contributed by atoms with Crippen LogP contribution in [0.25, 0.3) is 0 Å². The third-order valence-corrected chi connectivity index (χ3v) is 3.69. The van der Waals surface area contributed by atoms with Crippen LogP contribution in [0.1, 0.15) is 11.1 Å². The summed E-state index contributed by atoms with van der Waals surface area (Å²) in [5.74, 6) is -1.01. The van der Waals surface area contributed by atoms with E-state index in [1.807, 2.05) is 19.9 Å². The highest BCUT2D eigenvalue weighted by Gasteiger charge is 2.10. The molecule has 0 aromatic heterocycles. The van der Waals surface area contributed by atoms with E-state index in [9.17, 15) is 14.4 Å². The van der Waals surface area contributed by atoms with E-state index >= 15 is 0 Å². The second-order valence-corrected chi connectivity index (χ2v) is 6.55. The molecule has 0 fully saturated rings. The van der Waals surface area contributed by atoms with E-state index in [1.165, 1.54) is 0 Å². The standard InChI is InChI=1S/C20H21ClN2O6/c1-13-7-14(2)9-17(8-13)28-12-20(26)29-11-19(25)23-22-18(24)10-27-16-5-3-15(21)4-6-16/h3-9H,10-12H2,1-2H3,(H,22,24)(H,23,25). The number of hydrazine groups is 1. The van der Waals surface area contributed by atoms with Crippen molar-refractivity contribution in [1.29, 1.82) is 0 Å². The number of aryl methyl sites for hydroxylation is 2. The van der Waals surface area contributed by atoms with Crippen LogP contribution < -0.4 is 20.3 Å². The third-order valence-electron chi connectivity index (χ3n) is 3.44. The van der Waals surface area contributed by atoms with Crippen molar-refractivity contribution >= 4 is 29.4 Å². The fourth-order valence-electron chi connectivity index (χ4n) is 2.24. The fourth-order valence-corrected chi connectivity index (χ4v) is 2.36. The Morgan fingerprint density at radius 1 is 0.793 bits per heavy atom. The van der Waals surface area contributed by atoms with E-state index in [-0.39, 0.29) is 13.2 Å². The predicted octanol–water partition coefficient (Wildman–Crippen LogP) is 2.11. The monoisotopic (exact) mass is 420 g/mol. The molecule has 0 saturated carbocycles. The van der Waals surface area contributed by atoms with Crippen molar-refractivity contribution < 1.29 is 28.6 Å². The highest BCUT2D eigenvalue weighted by molar-refractivity contribution is 6.30. The molecule has 2 aromatic rings. The van der Waals surface area contributed by atoms with Crippen LogP contribution in [0.3, 0.4) is 0 Å². The van der Waals surface area contributed by atoms with Gasteiger partial charge in [0.2, 0.25) is 0 Å². The van der Waals surface area contributed by atoms with Crippen LogP contribution in [0.4, 0.5) is 0 Å². The quantitative estimate of drug-likeness (QED) is 0.501. The van der Waals surface area contributed by atoms with Crippen molar-refractivity contribution in [2.24, 2.45) is 0 Å². The molecule has 0 aliphatic heterocycles. The van der Waals surface area contributed by atoms with Gasteiger partial charge in [0.05, 0.1) is 0 Å². The second-order valence-electron chi connectivity index (χ2n) is 6.11. The Balaban J connectivity index is 1.61. The molecule has 0 radical (unpaired) electrons. The first-order valence-corrected chi connectivity index (χ1v) is 9.02. The van der Waals surface area contributed by atoms with E-state index in [0.29, 0.717) is 16.5 Å². The molecule has 2 N–H and O–H groups in total. The molecule has 2 amide bonds. The Morgan fingerprint density at radius 3 is 1.97 bits per heavy atom. The molecule has 0 atom stereocenters. The van der Waals surface area contributed by atoms with Crippen LogP contribution in [0.5, 0.6) is 11.5 Å². The van der Waals surface area contributed by atoms with Gasteiger partial charge in [-0.25, -0.2) is 4.79 Å². The van der Waals surface area contributed by atoms with Crippen molar-refractivity contribution in [2.45, 2.75) is 13.8 Å². The van der Waals surface area contributed by atoms with E-state index < -0.39 is 24.4 Å². The molecule has 2 rings (SSSR count). The number of nitrogens with one attached hydrogen (secondary N) is 2. The first-order valence-electron chi connectivity index (χ1n) is 8.64. The molecule has 0 aliphatic carbocycles. The van der Waals surface area contributed by atoms with Gasteiger partial charge in [0.15, 0.2) is 19.8 Å². The number of carbonyl (C=O) groups excluding carboxylic acids is 3. The van der Waals surface area contributed by atoms with Gasteiger partial charge < -0.3 is 14.2 Å². The maximum Gasteiger partial charge on any atom is 0.344 e. The smallest absolute Gasteiger partial charge is 0.344 e. The highest BCUT2D eigenvalue weighted by atomic mass is 35.5. The molecule has 29 heavy (non-hydrogen) atoms. The summed E-state index contributed by atoms with van der Waals surface area (Å²) >= 11 is 5.75. The molecule has 0 aliphatic rings. The van der Waals surface area contributed by atoms with E-state index in [4.69, 9.17) is 25.8 Å². The Hall–Kier alpha value is -3.26. The summed E-state index contributed by atoms with van der Waals surface area (Å²) in [4.78, 5) is 34.9. The molecule has 9 heteroatoms. The summed E-state index contributed by atoms with van der Waals surface area (Å²) < 4.78 is 15.3. The lowest BCUT2D eigenvalue weighted by Gasteiger charge is -2.10. The van der Waals surface area contributed by atoms with Gasteiger partial charge in [-0.2, -0.15) is 0 Å². The van der Waals surface area contributed by atoms with Crippen LogP contribution in [0.15, 0.2) is 42.5 Å². The third kappa shape index (κ3) is 8.52. The Morgan fingerprint density at radius 2 is 1.34 bits per heavy atom. The largest absolute Gasteiger partial charge is 0.484 e. The SMILES string of the molecule is Cc1cc(C)cc(OCC(=O)OCC(=O)NNC(=O)COc2ccc(Cl)cc2)c1. The van der Waals surface area contributed by atoms with Crippen molar-refractivity contribution in [3.8, 4) is 11.5 Å². The zero-order chi connectivity index (χ0) is 21.2. The number of benzene rings is 2. The van der Waals surface area contributed by atoms with Gasteiger partial charge in [-0.05, 0) is 61.4 Å². The summed E-state index contributed by atoms with van der Waals surface area (Å²) in [5.41, 5.74) is 6.27. The van der Waals surface area contributed by atoms with Crippen LogP contribution in [-0.2, 0) is 19.1 Å². The topological polar surface area (TPSA) is 103 Å². The minimum Gasteiger partial charge on any atom is -0.484 e. The summed E-state index contributed by atoms with van der Waals surface area (Å²) in [7, 11) is 0. The lowest BCUT2D eigenvalue weighted by Crippen LogP contribution is -2.45. The number of hydrogen-bond donors (Lipinski definition) is 2. The van der Waals surface area contributed by atoms with Gasteiger partial charge in [0, 0.05) is 5.02 Å². The average Bonchev–Trinajstić information content (AvgIpc) is 2.68. The number of esters is 1. The molecule has 2 aromatic carbocycles. The zero-order valence-corrected chi connectivity index (χ0v) is 16.7. The molecule has 0 saturated heterocycles. The lowest BCUT2D eigenvalue weighted by atomic mass is 10.1. The van der Waals surface area contributed by atoms with Gasteiger partial charge in [0.1, 0.15) is 11.5 Å². The van der Waals surface area contributed by atoms with Gasteiger partial charge in [-0.1, -0.05) is 17.7 Å². The molecule has 0 unspecified atom stereocenters. The normalized spacial score (nSPS) is 10.0. The lowest BCUT2D eigenvalue weighted by molar-refractivity contribution is -0.150. The van der Waals surface area contributed by atoms with Crippen molar-refractivity contribution in [1.82, 2.24) is 10.9 Å². The number of hydrogen-bond acceptors (Lipinski definition) is 6. The fraction of sp³-hybridized carbons (Fsp3) is 0.250. The van der Waals surface area contributed by atoms with Crippen LogP contribution in [0.2, 0.25) is 5.02 Å². The number of carbonyl (C=O) groups is 3. The molecule has 0 spiro atoms. The maximum absolute atomic E-state index is 11.7. The summed E-state index contributed by atoms with van der Waals surface area (Å²) in [6, 6.07) is 12.0. The van der Waals surface area contributed by atoms with Gasteiger partial charge in [-0.3, -0.25) is 20.4 Å². The number of halogens is 1. The first-order chi connectivity index (χ1) is 13.8. The summed E-state index contributed by atoms with van der Waals surface area (Å²) in [6.45, 7) is 2.62. The average molecular weight is 421 g/mol. The summed E-state index contributed by atoms with van der Waals surface area (Å²) in [6.07, 6.45) is 0. The van der Waals surface area contributed by atoms with Crippen molar-refractivity contribution in [3.63, 3.8) is 0 Å². The highest BCUT2D eigenvalue weighted by Crippen LogP contribution is 2.16. The number of amides is 2. The predicted molar refractivity (Wildman–Crippen MR) is 106 cm³/mol. The minimum absolute atomic E-state index is 0.314. The number of rotatable bonds is 8. The molecule has 0 heterocycles. The van der Waals surface area contributed by atoms with E-state index in [1.54, 1.807) is 36.4 Å². The Kier molecular flexibility index (Phi) is 8.29. The molecule has 8 nitrogen and oxygen atoms in total. The summed E-state index contributed by atoms with van der Waals surface area (Å²) in [5, 5.41) is 0.544. The Bertz CT molecular complexity index is 850. The zero-order valence-electron chi connectivity index (χ0n) is 16.0. The van der Waals surface area contributed by atoms with E-state index in [0.717, 1.165) is 11.1 Å². The Labute approximate surface area is 173 Å². The molecular formula is C20H21ClN2O6. The first kappa shape index (κ1) is 22.0. The van der Waals surface area contributed by atoms with Gasteiger partial charge in [0.25, 0.3) is 11.8 Å².